The van der Waals surface area contributed by atoms with E-state index >= 15 is 0 Å². The molecule has 0 radical (unpaired) electrons. The van der Waals surface area contributed by atoms with Gasteiger partial charge in [-0.2, -0.15) is 0 Å². The van der Waals surface area contributed by atoms with E-state index in [-0.39, 0.29) is 16.2 Å². The zero-order valence-electron chi connectivity index (χ0n) is 18.8. The number of rotatable bonds is 2. The van der Waals surface area contributed by atoms with Gasteiger partial charge in [-0.1, -0.05) is 46.2 Å². The minimum absolute atomic E-state index is 0.0133. The zero-order valence-corrected chi connectivity index (χ0v) is 18.8. The molecule has 0 unspecified atom stereocenters. The van der Waals surface area contributed by atoms with Crippen LogP contribution >= 0.6 is 0 Å². The van der Waals surface area contributed by atoms with Gasteiger partial charge in [0.15, 0.2) is 0 Å². The molecule has 2 aromatic carbocycles. The second-order valence-electron chi connectivity index (χ2n) is 10.2. The molecular weight excluding hydrogens is 344 g/mol. The first-order valence-corrected chi connectivity index (χ1v) is 10.5. The van der Waals surface area contributed by atoms with Gasteiger partial charge in [0.1, 0.15) is 11.5 Å². The fraction of sp³-hybridized carbons (Fsp3) is 0.538. The summed E-state index contributed by atoms with van der Waals surface area (Å²) in [6.45, 7) is 17.8. The van der Waals surface area contributed by atoms with E-state index in [1.807, 2.05) is 26.0 Å². The van der Waals surface area contributed by atoms with Gasteiger partial charge in [0.25, 0.3) is 0 Å². The van der Waals surface area contributed by atoms with Crippen LogP contribution in [0, 0.1) is 38.5 Å². The molecule has 2 aromatic rings. The molecule has 2 N–H and O–H groups in total. The first-order valence-electron chi connectivity index (χ1n) is 10.5. The Morgan fingerprint density at radius 3 is 1.50 bits per heavy atom. The van der Waals surface area contributed by atoms with Gasteiger partial charge in [-0.3, -0.25) is 0 Å². The van der Waals surface area contributed by atoms with Gasteiger partial charge in [-0.15, -0.1) is 0 Å². The Morgan fingerprint density at radius 1 is 0.643 bits per heavy atom. The van der Waals surface area contributed by atoms with E-state index in [2.05, 4.69) is 53.7 Å². The van der Waals surface area contributed by atoms with Crippen molar-refractivity contribution in [1.29, 1.82) is 0 Å². The summed E-state index contributed by atoms with van der Waals surface area (Å²) in [5.74, 6) is 0.728. The third-order valence-electron chi connectivity index (χ3n) is 8.12. The summed E-state index contributed by atoms with van der Waals surface area (Å²) >= 11 is 0. The summed E-state index contributed by atoms with van der Waals surface area (Å²) in [6.07, 6.45) is 3.43. The molecule has 0 aliphatic heterocycles. The number of aryl methyl sites for hydroxylation is 4. The topological polar surface area (TPSA) is 40.5 Å². The Hall–Kier alpha value is -1.96. The number of phenols is 2. The molecule has 0 spiro atoms. The fourth-order valence-electron chi connectivity index (χ4n) is 5.61. The van der Waals surface area contributed by atoms with Crippen LogP contribution in [0.1, 0.15) is 80.3 Å². The van der Waals surface area contributed by atoms with E-state index in [1.54, 1.807) is 0 Å². The number of hydrogen-bond donors (Lipinski definition) is 2. The SMILES string of the molecule is Cc1cc(C2(c3cc(C)c(O)cc3C)CCCC(C)(C)C2(C)C)c(C)cc1O. The first kappa shape index (κ1) is 20.8. The Bertz CT molecular complexity index is 861. The molecule has 3 rings (SSSR count). The van der Waals surface area contributed by atoms with Gasteiger partial charge in [-0.05, 0) is 96.9 Å². The predicted octanol–water partition coefficient (Wildman–Crippen LogP) is 6.85. The molecule has 1 fully saturated rings. The van der Waals surface area contributed by atoms with E-state index in [1.165, 1.54) is 17.5 Å². The first-order chi connectivity index (χ1) is 12.8. The van der Waals surface area contributed by atoms with Gasteiger partial charge in [0, 0.05) is 5.41 Å². The monoisotopic (exact) mass is 380 g/mol. The molecule has 0 amide bonds. The summed E-state index contributed by atoms with van der Waals surface area (Å²) < 4.78 is 0. The number of hydrogen-bond acceptors (Lipinski definition) is 2. The molecular formula is C26H36O2. The average Bonchev–Trinajstić information content (AvgIpc) is 2.57. The second-order valence-corrected chi connectivity index (χ2v) is 10.2. The number of benzene rings is 2. The van der Waals surface area contributed by atoms with Gasteiger partial charge in [-0.25, -0.2) is 0 Å². The van der Waals surface area contributed by atoms with Crippen molar-refractivity contribution in [2.45, 2.75) is 80.1 Å². The van der Waals surface area contributed by atoms with Crippen LogP contribution in [0.4, 0.5) is 0 Å². The van der Waals surface area contributed by atoms with Crippen molar-refractivity contribution in [3.05, 3.63) is 57.6 Å². The lowest BCUT2D eigenvalue weighted by Gasteiger charge is -2.60. The predicted molar refractivity (Wildman–Crippen MR) is 117 cm³/mol. The molecule has 1 saturated carbocycles. The molecule has 1 aliphatic rings. The highest BCUT2D eigenvalue weighted by Gasteiger charge is 2.57. The number of aromatic hydroxyl groups is 2. The van der Waals surface area contributed by atoms with Gasteiger partial charge >= 0.3 is 0 Å². The fourth-order valence-corrected chi connectivity index (χ4v) is 5.61. The third-order valence-corrected chi connectivity index (χ3v) is 8.12. The molecule has 152 valence electrons. The van der Waals surface area contributed by atoms with Crippen molar-refractivity contribution in [1.82, 2.24) is 0 Å². The Kier molecular flexibility index (Phi) is 4.85. The lowest BCUT2D eigenvalue weighted by molar-refractivity contribution is -0.0159. The van der Waals surface area contributed by atoms with Crippen molar-refractivity contribution in [2.75, 3.05) is 0 Å². The average molecular weight is 381 g/mol. The van der Waals surface area contributed by atoms with Crippen molar-refractivity contribution < 1.29 is 10.2 Å². The van der Waals surface area contributed by atoms with Crippen molar-refractivity contribution in [2.24, 2.45) is 10.8 Å². The van der Waals surface area contributed by atoms with E-state index in [0.717, 1.165) is 35.1 Å². The molecule has 0 saturated heterocycles. The van der Waals surface area contributed by atoms with Gasteiger partial charge in [0.2, 0.25) is 0 Å². The Labute approximate surface area is 170 Å². The summed E-state index contributed by atoms with van der Waals surface area (Å²) in [5, 5.41) is 20.6. The summed E-state index contributed by atoms with van der Waals surface area (Å²) in [4.78, 5) is 0. The maximum Gasteiger partial charge on any atom is 0.118 e. The molecule has 28 heavy (non-hydrogen) atoms. The highest BCUT2D eigenvalue weighted by molar-refractivity contribution is 5.55. The third kappa shape index (κ3) is 2.76. The summed E-state index contributed by atoms with van der Waals surface area (Å²) in [5.41, 5.74) is 6.71. The smallest absolute Gasteiger partial charge is 0.118 e. The highest BCUT2D eigenvalue weighted by atomic mass is 16.3. The molecule has 0 heterocycles. The van der Waals surface area contributed by atoms with Crippen LogP contribution in [-0.4, -0.2) is 10.2 Å². The lowest BCUT2D eigenvalue weighted by atomic mass is 9.43. The molecule has 1 aliphatic carbocycles. The van der Waals surface area contributed by atoms with E-state index in [9.17, 15) is 10.2 Å². The molecule has 2 nitrogen and oxygen atoms in total. The Morgan fingerprint density at radius 2 is 1.07 bits per heavy atom. The van der Waals surface area contributed by atoms with Crippen molar-refractivity contribution in [3.8, 4) is 11.5 Å². The van der Waals surface area contributed by atoms with Crippen molar-refractivity contribution in [3.63, 3.8) is 0 Å². The standard InChI is InChI=1S/C26H36O2/c1-16-14-22(27)18(3)12-20(16)26(11-9-10-24(5,6)25(26,7)8)21-13-19(4)23(28)15-17(21)2/h12-15,27-28H,9-11H2,1-8H3. The molecule has 0 aromatic heterocycles. The van der Waals surface area contributed by atoms with Crippen molar-refractivity contribution >= 4 is 0 Å². The van der Waals surface area contributed by atoms with E-state index in [4.69, 9.17) is 0 Å². The molecule has 0 bridgehead atoms. The lowest BCUT2D eigenvalue weighted by Crippen LogP contribution is -2.55. The number of phenolic OH excluding ortho intramolecular Hbond substituents is 2. The Balaban J connectivity index is 2.47. The van der Waals surface area contributed by atoms with Crippen LogP contribution in [0.5, 0.6) is 11.5 Å². The summed E-state index contributed by atoms with van der Waals surface area (Å²) in [6, 6.07) is 8.25. The minimum Gasteiger partial charge on any atom is -0.508 e. The van der Waals surface area contributed by atoms with Crippen LogP contribution in [-0.2, 0) is 5.41 Å². The largest absolute Gasteiger partial charge is 0.508 e. The van der Waals surface area contributed by atoms with Crippen LogP contribution in [0.25, 0.3) is 0 Å². The minimum atomic E-state index is -0.181. The maximum atomic E-state index is 10.3. The van der Waals surface area contributed by atoms with Crippen LogP contribution < -0.4 is 0 Å². The zero-order chi connectivity index (χ0) is 21.1. The quantitative estimate of drug-likeness (QED) is 0.598. The maximum absolute atomic E-state index is 10.3. The van der Waals surface area contributed by atoms with Gasteiger partial charge in [0.05, 0.1) is 0 Å². The second kappa shape index (κ2) is 6.54. The highest BCUT2D eigenvalue weighted by Crippen LogP contribution is 2.64. The van der Waals surface area contributed by atoms with E-state index < -0.39 is 0 Å². The summed E-state index contributed by atoms with van der Waals surface area (Å²) in [7, 11) is 0. The normalized spacial score (nSPS) is 20.1. The van der Waals surface area contributed by atoms with Crippen LogP contribution in [0.2, 0.25) is 0 Å². The van der Waals surface area contributed by atoms with Crippen LogP contribution in [0.15, 0.2) is 24.3 Å². The molecule has 0 atom stereocenters. The van der Waals surface area contributed by atoms with Crippen LogP contribution in [0.3, 0.4) is 0 Å². The van der Waals surface area contributed by atoms with Gasteiger partial charge < -0.3 is 10.2 Å². The van der Waals surface area contributed by atoms with E-state index in [0.29, 0.717) is 11.5 Å². The molecule has 2 heteroatoms.